The average molecular weight is 276 g/mol. The number of halogens is 2. The van der Waals surface area contributed by atoms with E-state index in [0.717, 1.165) is 16.7 Å². The lowest BCUT2D eigenvalue weighted by Gasteiger charge is -2.19. The minimum absolute atomic E-state index is 0.207. The Hall–Kier alpha value is -1.78. The van der Waals surface area contributed by atoms with Crippen molar-refractivity contribution in [3.05, 3.63) is 69.8 Å². The molecule has 0 saturated heterocycles. The topological polar surface area (TPSA) is 38.0 Å². The molecular weight excluding hydrogens is 258 g/mol. The minimum Gasteiger partial charge on any atom is -0.271 e. The zero-order valence-corrected chi connectivity index (χ0v) is 11.8. The second-order valence-corrected chi connectivity index (χ2v) is 5.04. The molecule has 0 aliphatic heterocycles. The van der Waals surface area contributed by atoms with Crippen LogP contribution in [0.15, 0.2) is 30.3 Å². The van der Waals surface area contributed by atoms with E-state index in [4.69, 9.17) is 5.84 Å². The van der Waals surface area contributed by atoms with Gasteiger partial charge in [0.05, 0.1) is 6.04 Å². The normalized spacial score (nSPS) is 12.5. The predicted molar refractivity (Wildman–Crippen MR) is 76.2 cm³/mol. The van der Waals surface area contributed by atoms with Crippen molar-refractivity contribution in [1.29, 1.82) is 0 Å². The van der Waals surface area contributed by atoms with E-state index in [2.05, 4.69) is 5.43 Å². The number of benzene rings is 2. The largest absolute Gasteiger partial charge is 0.271 e. The lowest BCUT2D eigenvalue weighted by atomic mass is 9.95. The molecule has 4 heteroatoms. The van der Waals surface area contributed by atoms with Gasteiger partial charge >= 0.3 is 0 Å². The third-order valence-electron chi connectivity index (χ3n) is 3.65. The molecule has 2 aromatic carbocycles. The Bertz CT molecular complexity index is 639. The van der Waals surface area contributed by atoms with Crippen LogP contribution in [0, 0.1) is 32.4 Å². The first-order valence-electron chi connectivity index (χ1n) is 6.43. The Balaban J connectivity index is 2.52. The monoisotopic (exact) mass is 276 g/mol. The van der Waals surface area contributed by atoms with Crippen molar-refractivity contribution in [2.24, 2.45) is 5.84 Å². The van der Waals surface area contributed by atoms with Crippen molar-refractivity contribution in [3.63, 3.8) is 0 Å². The average Bonchev–Trinajstić information content (AvgIpc) is 2.43. The fraction of sp³-hybridized carbons (Fsp3) is 0.250. The van der Waals surface area contributed by atoms with Crippen LogP contribution in [0.2, 0.25) is 0 Å². The molecule has 1 unspecified atom stereocenters. The van der Waals surface area contributed by atoms with Crippen molar-refractivity contribution in [1.82, 2.24) is 5.43 Å². The number of hydrogen-bond acceptors (Lipinski definition) is 2. The molecule has 0 heterocycles. The standard InChI is InChI=1S/C16H18F2N2/c1-9-4-6-12(8-11(9)3)16(20-19)13-7-5-10(2)14(17)15(13)18/h4-8,16,20H,19H2,1-3H3. The summed E-state index contributed by atoms with van der Waals surface area (Å²) in [5.41, 5.74) is 6.07. The molecule has 0 radical (unpaired) electrons. The Labute approximate surface area is 117 Å². The van der Waals surface area contributed by atoms with Crippen LogP contribution < -0.4 is 11.3 Å². The molecule has 0 aliphatic carbocycles. The van der Waals surface area contributed by atoms with Crippen molar-refractivity contribution < 1.29 is 8.78 Å². The quantitative estimate of drug-likeness (QED) is 0.665. The fourth-order valence-electron chi connectivity index (χ4n) is 2.19. The van der Waals surface area contributed by atoms with Gasteiger partial charge in [0, 0.05) is 5.56 Å². The molecule has 1 atom stereocenters. The molecule has 2 aromatic rings. The van der Waals surface area contributed by atoms with Crippen molar-refractivity contribution >= 4 is 0 Å². The summed E-state index contributed by atoms with van der Waals surface area (Å²) in [6, 6.07) is 8.27. The lowest BCUT2D eigenvalue weighted by molar-refractivity contribution is 0.478. The Morgan fingerprint density at radius 2 is 1.55 bits per heavy atom. The summed E-state index contributed by atoms with van der Waals surface area (Å²) in [6.07, 6.45) is 0. The van der Waals surface area contributed by atoms with E-state index in [9.17, 15) is 8.78 Å². The summed E-state index contributed by atoms with van der Waals surface area (Å²) < 4.78 is 27.8. The van der Waals surface area contributed by atoms with Gasteiger partial charge in [-0.25, -0.2) is 14.2 Å². The molecule has 0 amide bonds. The van der Waals surface area contributed by atoms with Gasteiger partial charge in [0.1, 0.15) is 0 Å². The Morgan fingerprint density at radius 1 is 0.900 bits per heavy atom. The number of hydrogen-bond donors (Lipinski definition) is 2. The zero-order valence-electron chi connectivity index (χ0n) is 11.8. The first kappa shape index (κ1) is 14.6. The summed E-state index contributed by atoms with van der Waals surface area (Å²) in [4.78, 5) is 0. The van der Waals surface area contributed by atoms with Crippen LogP contribution in [0.5, 0.6) is 0 Å². The summed E-state index contributed by atoms with van der Waals surface area (Å²) in [5.74, 6) is 3.86. The van der Waals surface area contributed by atoms with E-state index in [1.54, 1.807) is 12.1 Å². The summed E-state index contributed by atoms with van der Waals surface area (Å²) >= 11 is 0. The van der Waals surface area contributed by atoms with E-state index < -0.39 is 17.7 Å². The van der Waals surface area contributed by atoms with Crippen molar-refractivity contribution in [2.75, 3.05) is 0 Å². The van der Waals surface area contributed by atoms with Crippen molar-refractivity contribution in [3.8, 4) is 0 Å². The predicted octanol–water partition coefficient (Wildman–Crippen LogP) is 3.44. The van der Waals surface area contributed by atoms with Crippen LogP contribution in [0.3, 0.4) is 0 Å². The SMILES string of the molecule is Cc1ccc(C(NN)c2ccc(C)c(F)c2F)cc1C. The van der Waals surface area contributed by atoms with Crippen LogP contribution in [0.1, 0.15) is 33.9 Å². The number of nitrogens with two attached hydrogens (primary N) is 1. The van der Waals surface area contributed by atoms with Gasteiger partial charge in [0.25, 0.3) is 0 Å². The highest BCUT2D eigenvalue weighted by Gasteiger charge is 2.20. The smallest absolute Gasteiger partial charge is 0.164 e. The maximum atomic E-state index is 14.1. The molecule has 106 valence electrons. The van der Waals surface area contributed by atoms with Gasteiger partial charge in [0.15, 0.2) is 11.6 Å². The summed E-state index contributed by atoms with van der Waals surface area (Å²) in [7, 11) is 0. The van der Waals surface area contributed by atoms with Gasteiger partial charge in [-0.1, -0.05) is 30.3 Å². The summed E-state index contributed by atoms with van der Waals surface area (Å²) in [6.45, 7) is 5.50. The number of rotatable bonds is 3. The highest BCUT2D eigenvalue weighted by molar-refractivity contribution is 5.38. The van der Waals surface area contributed by atoms with E-state index in [-0.39, 0.29) is 11.1 Å². The van der Waals surface area contributed by atoms with Crippen LogP contribution in [-0.2, 0) is 0 Å². The van der Waals surface area contributed by atoms with E-state index in [1.807, 2.05) is 32.0 Å². The Morgan fingerprint density at radius 3 is 2.15 bits per heavy atom. The molecule has 2 rings (SSSR count). The molecular formula is C16H18F2N2. The molecule has 0 aliphatic rings. The highest BCUT2D eigenvalue weighted by Crippen LogP contribution is 2.27. The molecule has 2 nitrogen and oxygen atoms in total. The van der Waals surface area contributed by atoms with Gasteiger partial charge in [-0.05, 0) is 43.0 Å². The van der Waals surface area contributed by atoms with Gasteiger partial charge in [-0.15, -0.1) is 0 Å². The first-order valence-corrected chi connectivity index (χ1v) is 6.43. The summed E-state index contributed by atoms with van der Waals surface area (Å²) in [5, 5.41) is 0. The molecule has 0 bridgehead atoms. The van der Waals surface area contributed by atoms with Gasteiger partial charge in [0.2, 0.25) is 0 Å². The molecule has 0 fully saturated rings. The van der Waals surface area contributed by atoms with E-state index >= 15 is 0 Å². The Kier molecular flexibility index (Phi) is 4.16. The third kappa shape index (κ3) is 2.57. The molecule has 0 spiro atoms. The second kappa shape index (κ2) is 5.69. The lowest BCUT2D eigenvalue weighted by Crippen LogP contribution is -2.30. The van der Waals surface area contributed by atoms with Gasteiger partial charge in [-0.2, -0.15) is 0 Å². The van der Waals surface area contributed by atoms with Gasteiger partial charge in [-0.3, -0.25) is 5.84 Å². The fourth-order valence-corrected chi connectivity index (χ4v) is 2.19. The van der Waals surface area contributed by atoms with Crippen LogP contribution in [0.25, 0.3) is 0 Å². The van der Waals surface area contributed by atoms with Crippen LogP contribution in [-0.4, -0.2) is 0 Å². The molecule has 3 N–H and O–H groups in total. The van der Waals surface area contributed by atoms with E-state index in [0.29, 0.717) is 0 Å². The molecule has 20 heavy (non-hydrogen) atoms. The first-order chi connectivity index (χ1) is 9.45. The van der Waals surface area contributed by atoms with Crippen LogP contribution in [0.4, 0.5) is 8.78 Å². The number of hydrazine groups is 1. The second-order valence-electron chi connectivity index (χ2n) is 5.04. The third-order valence-corrected chi connectivity index (χ3v) is 3.65. The molecule has 0 aromatic heterocycles. The number of aryl methyl sites for hydroxylation is 3. The maximum absolute atomic E-state index is 14.1. The minimum atomic E-state index is -0.855. The van der Waals surface area contributed by atoms with E-state index in [1.165, 1.54) is 6.92 Å². The zero-order chi connectivity index (χ0) is 14.9. The molecule has 0 saturated carbocycles. The maximum Gasteiger partial charge on any atom is 0.164 e. The number of nitrogens with one attached hydrogen (secondary N) is 1. The van der Waals surface area contributed by atoms with Crippen LogP contribution >= 0.6 is 0 Å². The highest BCUT2D eigenvalue weighted by atomic mass is 19.2. The van der Waals surface area contributed by atoms with Gasteiger partial charge < -0.3 is 0 Å². The van der Waals surface area contributed by atoms with Crippen molar-refractivity contribution in [2.45, 2.75) is 26.8 Å².